The molecular weight excluding hydrogens is 384 g/mol. The first kappa shape index (κ1) is 21.5. The number of rotatable bonds is 8. The van der Waals surface area contributed by atoms with E-state index in [1.165, 1.54) is 12.0 Å². The molecule has 1 atom stereocenters. The van der Waals surface area contributed by atoms with Crippen molar-refractivity contribution in [3.05, 3.63) is 65.5 Å². The molecule has 30 heavy (non-hydrogen) atoms. The van der Waals surface area contributed by atoms with Gasteiger partial charge in [-0.05, 0) is 44.5 Å². The van der Waals surface area contributed by atoms with Gasteiger partial charge in [-0.1, -0.05) is 18.2 Å². The number of hydrogen-bond donors (Lipinski definition) is 1. The first-order valence-electron chi connectivity index (χ1n) is 9.89. The monoisotopic (exact) mass is 410 g/mol. The van der Waals surface area contributed by atoms with Gasteiger partial charge in [0.2, 0.25) is 0 Å². The van der Waals surface area contributed by atoms with Crippen molar-refractivity contribution in [2.24, 2.45) is 0 Å². The number of aromatic nitrogens is 1. The molecule has 2 aromatic rings. The van der Waals surface area contributed by atoms with E-state index in [4.69, 9.17) is 9.47 Å². The number of methoxy groups -OCH3 is 1. The maximum absolute atomic E-state index is 12.9. The standard InChI is InChI=1S/C23H26N2O5/c1-15(2)30-13-7-12-25-20(18-10-4-5-11-24-18)19(22(27)23(25)28)21(26)16-8-6-9-17(14-16)29-3/h4-6,8-11,14-15,20,26H,7,12-13H2,1-3H3/t20-/m0/s1. The second-order valence-corrected chi connectivity index (χ2v) is 7.25. The summed E-state index contributed by atoms with van der Waals surface area (Å²) in [5, 5.41) is 11.0. The highest BCUT2D eigenvalue weighted by Crippen LogP contribution is 2.38. The zero-order chi connectivity index (χ0) is 21.7. The average Bonchev–Trinajstić information content (AvgIpc) is 3.01. The molecule has 7 nitrogen and oxygen atoms in total. The first-order valence-corrected chi connectivity index (χ1v) is 9.89. The topological polar surface area (TPSA) is 89.0 Å². The lowest BCUT2D eigenvalue weighted by Crippen LogP contribution is -2.31. The Balaban J connectivity index is 2.01. The highest BCUT2D eigenvalue weighted by Gasteiger charge is 2.46. The summed E-state index contributed by atoms with van der Waals surface area (Å²) in [6.07, 6.45) is 2.25. The fourth-order valence-electron chi connectivity index (χ4n) is 3.44. The summed E-state index contributed by atoms with van der Waals surface area (Å²) < 4.78 is 10.8. The van der Waals surface area contributed by atoms with Crippen LogP contribution in [-0.2, 0) is 14.3 Å². The highest BCUT2D eigenvalue weighted by atomic mass is 16.5. The minimum absolute atomic E-state index is 0.0248. The maximum atomic E-state index is 12.9. The molecule has 0 spiro atoms. The van der Waals surface area contributed by atoms with Crippen molar-refractivity contribution in [1.29, 1.82) is 0 Å². The second-order valence-electron chi connectivity index (χ2n) is 7.25. The van der Waals surface area contributed by atoms with Gasteiger partial charge in [0, 0.05) is 24.9 Å². The molecule has 0 bridgehead atoms. The number of benzene rings is 1. The van der Waals surface area contributed by atoms with E-state index in [0.29, 0.717) is 36.6 Å². The summed E-state index contributed by atoms with van der Waals surface area (Å²) in [7, 11) is 1.52. The fourth-order valence-corrected chi connectivity index (χ4v) is 3.44. The lowest BCUT2D eigenvalue weighted by molar-refractivity contribution is -0.140. The first-order chi connectivity index (χ1) is 14.4. The van der Waals surface area contributed by atoms with E-state index in [1.54, 1.807) is 48.7 Å². The Labute approximate surface area is 175 Å². The summed E-state index contributed by atoms with van der Waals surface area (Å²) in [6.45, 7) is 4.65. The Kier molecular flexibility index (Phi) is 6.84. The van der Waals surface area contributed by atoms with Crippen LogP contribution in [0.2, 0.25) is 0 Å². The van der Waals surface area contributed by atoms with Crippen molar-refractivity contribution in [3.8, 4) is 5.75 Å². The summed E-state index contributed by atoms with van der Waals surface area (Å²) in [5.74, 6) is -1.09. The molecular formula is C23H26N2O5. The summed E-state index contributed by atoms with van der Waals surface area (Å²) >= 11 is 0. The summed E-state index contributed by atoms with van der Waals surface area (Å²) in [5.41, 5.74) is 0.944. The van der Waals surface area contributed by atoms with E-state index in [9.17, 15) is 14.7 Å². The molecule has 1 aliphatic rings. The Morgan fingerprint density at radius 3 is 2.67 bits per heavy atom. The fraction of sp³-hybridized carbons (Fsp3) is 0.348. The zero-order valence-electron chi connectivity index (χ0n) is 17.4. The predicted molar refractivity (Wildman–Crippen MR) is 112 cm³/mol. The lowest BCUT2D eigenvalue weighted by atomic mass is 9.98. The number of ketones is 1. The molecule has 0 saturated carbocycles. The van der Waals surface area contributed by atoms with Crippen LogP contribution in [0.1, 0.15) is 37.6 Å². The van der Waals surface area contributed by atoms with Crippen LogP contribution in [0.3, 0.4) is 0 Å². The molecule has 1 fully saturated rings. The Hall–Kier alpha value is -3.19. The zero-order valence-corrected chi connectivity index (χ0v) is 17.4. The maximum Gasteiger partial charge on any atom is 0.295 e. The minimum Gasteiger partial charge on any atom is -0.507 e. The number of carbonyl (C=O) groups is 2. The Morgan fingerprint density at radius 1 is 1.20 bits per heavy atom. The van der Waals surface area contributed by atoms with Gasteiger partial charge in [0.1, 0.15) is 17.6 Å². The third-order valence-electron chi connectivity index (χ3n) is 4.85. The van der Waals surface area contributed by atoms with Gasteiger partial charge in [-0.15, -0.1) is 0 Å². The van der Waals surface area contributed by atoms with Crippen LogP contribution >= 0.6 is 0 Å². The molecule has 0 aliphatic carbocycles. The quantitative estimate of drug-likeness (QED) is 0.311. The van der Waals surface area contributed by atoms with Gasteiger partial charge < -0.3 is 19.5 Å². The molecule has 7 heteroatoms. The molecule has 3 rings (SSSR count). The van der Waals surface area contributed by atoms with Gasteiger partial charge in [0.25, 0.3) is 11.7 Å². The number of hydrogen-bond acceptors (Lipinski definition) is 6. The van der Waals surface area contributed by atoms with Crippen LogP contribution in [0.4, 0.5) is 0 Å². The van der Waals surface area contributed by atoms with E-state index in [0.717, 1.165) is 0 Å². The van der Waals surface area contributed by atoms with Crippen molar-refractivity contribution in [2.45, 2.75) is 32.4 Å². The minimum atomic E-state index is -0.767. The van der Waals surface area contributed by atoms with E-state index in [2.05, 4.69) is 4.98 Å². The molecule has 1 aromatic carbocycles. The third-order valence-corrected chi connectivity index (χ3v) is 4.85. The molecule has 1 saturated heterocycles. The molecule has 1 aliphatic heterocycles. The normalized spacial score (nSPS) is 18.3. The molecule has 158 valence electrons. The van der Waals surface area contributed by atoms with Gasteiger partial charge in [0.15, 0.2) is 0 Å². The summed E-state index contributed by atoms with van der Waals surface area (Å²) in [6, 6.07) is 11.3. The number of likely N-dealkylation sites (tertiary alicyclic amines) is 1. The average molecular weight is 410 g/mol. The number of amides is 1. The number of aliphatic hydroxyl groups excluding tert-OH is 1. The van der Waals surface area contributed by atoms with Crippen LogP contribution in [0, 0.1) is 0 Å². The van der Waals surface area contributed by atoms with Gasteiger partial charge in [-0.25, -0.2) is 0 Å². The number of aliphatic hydroxyl groups is 1. The largest absolute Gasteiger partial charge is 0.507 e. The molecule has 0 radical (unpaired) electrons. The number of carbonyl (C=O) groups excluding carboxylic acids is 2. The van der Waals surface area contributed by atoms with E-state index < -0.39 is 17.7 Å². The number of nitrogens with zero attached hydrogens (tertiary/aromatic N) is 2. The van der Waals surface area contributed by atoms with Crippen LogP contribution in [0.25, 0.3) is 5.76 Å². The Morgan fingerprint density at radius 2 is 2.00 bits per heavy atom. The van der Waals surface area contributed by atoms with Crippen molar-refractivity contribution in [1.82, 2.24) is 9.88 Å². The Bertz CT molecular complexity index is 940. The smallest absolute Gasteiger partial charge is 0.295 e. The van der Waals surface area contributed by atoms with Crippen molar-refractivity contribution in [3.63, 3.8) is 0 Å². The van der Waals surface area contributed by atoms with Gasteiger partial charge in [-0.2, -0.15) is 0 Å². The van der Waals surface area contributed by atoms with Crippen LogP contribution in [0.15, 0.2) is 54.2 Å². The van der Waals surface area contributed by atoms with Gasteiger partial charge >= 0.3 is 0 Å². The molecule has 0 unspecified atom stereocenters. The van der Waals surface area contributed by atoms with E-state index >= 15 is 0 Å². The van der Waals surface area contributed by atoms with Crippen molar-refractivity contribution < 1.29 is 24.2 Å². The van der Waals surface area contributed by atoms with E-state index in [-0.39, 0.29) is 17.4 Å². The van der Waals surface area contributed by atoms with Crippen LogP contribution < -0.4 is 4.74 Å². The van der Waals surface area contributed by atoms with E-state index in [1.807, 2.05) is 13.8 Å². The molecule has 1 N–H and O–H groups in total. The van der Waals surface area contributed by atoms with Crippen molar-refractivity contribution in [2.75, 3.05) is 20.3 Å². The highest BCUT2D eigenvalue weighted by molar-refractivity contribution is 6.46. The number of pyridine rings is 1. The van der Waals surface area contributed by atoms with Crippen molar-refractivity contribution >= 4 is 17.4 Å². The van der Waals surface area contributed by atoms with Gasteiger partial charge in [-0.3, -0.25) is 14.6 Å². The molecule has 1 amide bonds. The number of Topliss-reactive ketones (excluding diaryl/α,β-unsaturated/α-hetero) is 1. The van der Waals surface area contributed by atoms with Crippen LogP contribution in [0.5, 0.6) is 5.75 Å². The third kappa shape index (κ3) is 4.52. The SMILES string of the molecule is COc1cccc(C(O)=C2C(=O)C(=O)N(CCCOC(C)C)[C@H]2c2ccccn2)c1. The summed E-state index contributed by atoms with van der Waals surface area (Å²) in [4.78, 5) is 31.5. The number of ether oxygens (including phenoxy) is 2. The van der Waals surface area contributed by atoms with Crippen LogP contribution in [-0.4, -0.2) is 53.0 Å². The predicted octanol–water partition coefficient (Wildman–Crippen LogP) is 3.33. The molecule has 2 heterocycles. The van der Waals surface area contributed by atoms with Gasteiger partial charge in [0.05, 0.1) is 24.5 Å². The molecule has 1 aromatic heterocycles. The second kappa shape index (κ2) is 9.54. The lowest BCUT2D eigenvalue weighted by Gasteiger charge is -2.24.